The first-order valence-electron chi connectivity index (χ1n) is 13.2. The van der Waals surface area contributed by atoms with Crippen molar-refractivity contribution < 1.29 is 85.6 Å². The molecule has 0 fully saturated rings. The Bertz CT molecular complexity index is 1580. The van der Waals surface area contributed by atoms with E-state index in [4.69, 9.17) is 50.2 Å². The molecule has 21 heteroatoms. The number of halogens is 6. The third-order valence-electron chi connectivity index (χ3n) is 7.11. The number of rotatable bonds is 3. The molecule has 0 aliphatic carbocycles. The molecule has 0 saturated carbocycles. The quantitative estimate of drug-likeness (QED) is 0.0632. The maximum absolute atomic E-state index is 9.06. The van der Waals surface area contributed by atoms with Crippen LogP contribution in [0.4, 0.5) is 34.5 Å². The van der Waals surface area contributed by atoms with Crippen LogP contribution < -0.4 is 134 Å². The molecule has 0 bridgehead atoms. The van der Waals surface area contributed by atoms with Crippen LogP contribution >= 0.6 is 67.8 Å². The molecular formula is C27H30I6N12Se3. The number of nitrogen functional groups attached to an aromatic ring is 6. The maximum atomic E-state index is 9.06. The van der Waals surface area contributed by atoms with Gasteiger partial charge in [0.05, 0.1) is 0 Å². The summed E-state index contributed by atoms with van der Waals surface area (Å²) in [7, 11) is 0. The van der Waals surface area contributed by atoms with Crippen molar-refractivity contribution in [1.29, 1.82) is 15.8 Å². The zero-order valence-corrected chi connectivity index (χ0v) is 42.9. The summed E-state index contributed by atoms with van der Waals surface area (Å²) in [5.41, 5.74) is 38.6. The second-order valence-corrected chi connectivity index (χ2v) is 18.9. The summed E-state index contributed by atoms with van der Waals surface area (Å²) >= 11 is 8.04. The first-order chi connectivity index (χ1) is 21.6. The van der Waals surface area contributed by atoms with Crippen LogP contribution in [-0.2, 0) is 0 Å². The number of alkyl halides is 3. The van der Waals surface area contributed by atoms with E-state index >= 15 is 0 Å². The average Bonchev–Trinajstić information content (AvgIpc) is 3.75. The molecule has 3 aromatic heterocycles. The fourth-order valence-electron chi connectivity index (χ4n) is 4.97. The summed E-state index contributed by atoms with van der Waals surface area (Å²) in [5.74, 6) is 2.05. The van der Waals surface area contributed by atoms with Gasteiger partial charge in [-0.15, -0.1) is 0 Å². The van der Waals surface area contributed by atoms with E-state index in [2.05, 4.69) is 99.7 Å². The van der Waals surface area contributed by atoms with Gasteiger partial charge < -0.3 is 71.9 Å². The van der Waals surface area contributed by atoms with Crippen LogP contribution in [0, 0.1) is 34.0 Å². The Kier molecular flexibility index (Phi) is 20.8. The number of hydrogen-bond donors (Lipinski definition) is 6. The predicted octanol–water partition coefficient (Wildman–Crippen LogP) is -9.74. The molecule has 3 aliphatic rings. The number of fused-ring (bicyclic) bond motifs is 3. The number of nitrogens with zero attached hydrogens (tertiary/aromatic N) is 6. The molecule has 48 heavy (non-hydrogen) atoms. The summed E-state index contributed by atoms with van der Waals surface area (Å²) < 4.78 is 12.5. The Balaban J connectivity index is 0.000000349. The van der Waals surface area contributed by atoms with Crippen LogP contribution in [0.5, 0.6) is 0 Å². The number of nitriles is 3. The largest absolute Gasteiger partial charge is 1.00 e. The van der Waals surface area contributed by atoms with Crippen LogP contribution in [0.25, 0.3) is 0 Å². The van der Waals surface area contributed by atoms with Gasteiger partial charge in [0.2, 0.25) is 0 Å². The van der Waals surface area contributed by atoms with Crippen molar-refractivity contribution in [2.45, 2.75) is 34.1 Å². The molecule has 0 spiro atoms. The van der Waals surface area contributed by atoms with Gasteiger partial charge in [-0.1, -0.05) is 0 Å². The molecule has 0 aromatic carbocycles. The first kappa shape index (κ1) is 46.7. The molecular weight excluding hydrogens is 1490 g/mol. The van der Waals surface area contributed by atoms with E-state index in [1.54, 1.807) is 18.2 Å². The predicted molar refractivity (Wildman–Crippen MR) is 205 cm³/mol. The molecule has 3 aromatic rings. The van der Waals surface area contributed by atoms with Gasteiger partial charge in [0.15, 0.2) is 0 Å². The maximum Gasteiger partial charge on any atom is -1.00 e. The zero-order chi connectivity index (χ0) is 33.0. The number of anilines is 6. The van der Waals surface area contributed by atoms with Gasteiger partial charge in [-0.2, -0.15) is 0 Å². The number of aromatic nitrogens is 3. The molecule has 258 valence electrons. The SMILES string of the molecule is N#Cc1c(N)cc(N)[n+]2c1[Se]CC2CI.N#Cc1c(N)cc(N)[n+]2c1[Se]CC2CI.N#Cc1c(N)cc(N)[n+]2c1[Se]CC2CI.[I-].[I-].[I-]. The molecule has 0 saturated heterocycles. The molecule has 12 N–H and O–H groups in total. The Morgan fingerprint density at radius 1 is 0.542 bits per heavy atom. The van der Waals surface area contributed by atoms with E-state index in [0.717, 1.165) is 43.0 Å². The minimum atomic E-state index is 0. The van der Waals surface area contributed by atoms with Crippen molar-refractivity contribution in [1.82, 2.24) is 0 Å². The van der Waals surface area contributed by atoms with Gasteiger partial charge in [0.25, 0.3) is 0 Å². The van der Waals surface area contributed by atoms with E-state index in [1.165, 1.54) is 0 Å². The van der Waals surface area contributed by atoms with Gasteiger partial charge in [-0.05, 0) is 0 Å². The van der Waals surface area contributed by atoms with Crippen molar-refractivity contribution in [2.24, 2.45) is 0 Å². The second-order valence-electron chi connectivity index (χ2n) is 9.92. The molecule has 0 radical (unpaired) electrons. The van der Waals surface area contributed by atoms with E-state index < -0.39 is 0 Å². The standard InChI is InChI=1S/3C9H9IN4Se.3HI/c3*10-2-5-4-15-9-6(3-11)7(12)1-8(13)14(5)9;;;/h3*1,5H,2,4H2,(H3,12,13);3*1H. The monoisotopic (exact) mass is 1520 g/mol. The van der Waals surface area contributed by atoms with Crippen molar-refractivity contribution in [3.8, 4) is 18.2 Å². The Hall–Kier alpha value is 0.658. The molecule has 3 aliphatic heterocycles. The molecule has 12 nitrogen and oxygen atoms in total. The Morgan fingerprint density at radius 2 is 0.771 bits per heavy atom. The smallest absolute Gasteiger partial charge is 1.00 e. The van der Waals surface area contributed by atoms with Crippen molar-refractivity contribution in [3.63, 3.8) is 0 Å². The summed E-state index contributed by atoms with van der Waals surface area (Å²) in [5, 5.41) is 30.5. The Labute approximate surface area is 390 Å². The van der Waals surface area contributed by atoms with Crippen LogP contribution in [-0.4, -0.2) is 58.2 Å². The van der Waals surface area contributed by atoms with Gasteiger partial charge in [0.1, 0.15) is 0 Å². The first-order valence-corrected chi connectivity index (χ1v) is 24.0. The van der Waals surface area contributed by atoms with Crippen LogP contribution in [0.1, 0.15) is 34.8 Å². The topological polar surface area (TPSA) is 239 Å². The fraction of sp³-hybridized carbons (Fsp3) is 0.333. The summed E-state index contributed by atoms with van der Waals surface area (Å²) in [6.45, 7) is 0. The average molecular weight is 1520 g/mol. The summed E-state index contributed by atoms with van der Waals surface area (Å²) in [6.07, 6.45) is 0. The minimum absolute atomic E-state index is 0. The normalized spacial score (nSPS) is 17.4. The molecule has 0 amide bonds. The third-order valence-corrected chi connectivity index (χ3v) is 17.9. The van der Waals surface area contributed by atoms with Gasteiger partial charge >= 0.3 is 325 Å². The van der Waals surface area contributed by atoms with E-state index in [1.807, 2.05) is 0 Å². The second kappa shape index (κ2) is 21.4. The fourth-order valence-corrected chi connectivity index (χ4v) is 18.2. The molecule has 6 heterocycles. The molecule has 6 rings (SSSR count). The van der Waals surface area contributed by atoms with E-state index in [9.17, 15) is 0 Å². The van der Waals surface area contributed by atoms with Crippen molar-refractivity contribution >= 4 is 161 Å². The number of hydrogen-bond acceptors (Lipinski definition) is 9. The molecule has 3 atom stereocenters. The number of pyridine rings is 3. The zero-order valence-electron chi connectivity index (χ0n) is 24.8. The van der Waals surface area contributed by atoms with Crippen LogP contribution in [0.3, 0.4) is 0 Å². The van der Waals surface area contributed by atoms with E-state index in [-0.39, 0.29) is 71.9 Å². The van der Waals surface area contributed by atoms with Gasteiger partial charge in [0, 0.05) is 0 Å². The Morgan fingerprint density at radius 3 is 0.958 bits per heavy atom. The summed E-state index contributed by atoms with van der Waals surface area (Å²) in [4.78, 5) is 0. The van der Waals surface area contributed by atoms with Crippen LogP contribution in [0.2, 0.25) is 16.0 Å². The van der Waals surface area contributed by atoms with E-state index in [0.29, 0.717) is 114 Å². The summed E-state index contributed by atoms with van der Waals surface area (Å²) in [6, 6.07) is 12.9. The minimum Gasteiger partial charge on any atom is -1.00 e. The van der Waals surface area contributed by atoms with Gasteiger partial charge in [-0.3, -0.25) is 0 Å². The molecule has 3 unspecified atom stereocenters. The van der Waals surface area contributed by atoms with Crippen LogP contribution in [0.15, 0.2) is 18.2 Å². The third kappa shape index (κ3) is 9.79. The number of nitrogens with two attached hydrogens (primary N) is 6. The van der Waals surface area contributed by atoms with Gasteiger partial charge in [-0.25, -0.2) is 0 Å². The van der Waals surface area contributed by atoms with Crippen molar-refractivity contribution in [3.05, 3.63) is 34.9 Å². The van der Waals surface area contributed by atoms with Crippen molar-refractivity contribution in [2.75, 3.05) is 47.7 Å².